The van der Waals surface area contributed by atoms with Crippen LogP contribution in [0.1, 0.15) is 12.8 Å². The molecule has 1 saturated heterocycles. The molecule has 0 unspecified atom stereocenters. The molecule has 2 aromatic rings. The predicted octanol–water partition coefficient (Wildman–Crippen LogP) is 3.40. The Morgan fingerprint density at radius 3 is 2.80 bits per heavy atom. The van der Waals surface area contributed by atoms with E-state index in [0.717, 1.165) is 5.52 Å². The van der Waals surface area contributed by atoms with Crippen molar-refractivity contribution in [3.05, 3.63) is 24.3 Å². The quantitative estimate of drug-likeness (QED) is 0.743. The zero-order valence-corrected chi connectivity index (χ0v) is 9.98. The zero-order chi connectivity index (χ0) is 10.1. The molecule has 15 heavy (non-hydrogen) atoms. The summed E-state index contributed by atoms with van der Waals surface area (Å²) in [5.41, 5.74) is 1.13. The Balaban J connectivity index is 1.84. The Bertz CT molecular complexity index is 427. The van der Waals surface area contributed by atoms with Crippen LogP contribution < -0.4 is 0 Å². The van der Waals surface area contributed by atoms with Crippen LogP contribution >= 0.6 is 23.3 Å². The number of fused-ring (bicyclic) bond motifs is 1. The monoisotopic (exact) mass is 236 g/mol. The third kappa shape index (κ3) is 2.02. The van der Waals surface area contributed by atoms with E-state index in [1.54, 1.807) is 11.3 Å². The minimum atomic E-state index is 1.13. The van der Waals surface area contributed by atoms with Gasteiger partial charge in [0.1, 0.15) is 0 Å². The average molecular weight is 236 g/mol. The molecule has 0 radical (unpaired) electrons. The number of thiazole rings is 1. The molecule has 0 aliphatic carbocycles. The standard InChI is InChI=1S/C11H12N2S2/c1-2-6-10-9(5-1)12-11(14-10)15-13-7-3-4-8-13/h1-2,5-6H,3-4,7-8H2. The highest BCUT2D eigenvalue weighted by molar-refractivity contribution is 7.98. The maximum atomic E-state index is 4.62. The molecule has 0 bridgehead atoms. The molecular formula is C11H12N2S2. The number of nitrogens with zero attached hydrogens (tertiary/aromatic N) is 2. The summed E-state index contributed by atoms with van der Waals surface area (Å²) in [5.74, 6) is 0. The smallest absolute Gasteiger partial charge is 0.166 e. The summed E-state index contributed by atoms with van der Waals surface area (Å²) >= 11 is 3.61. The van der Waals surface area contributed by atoms with Gasteiger partial charge in [0.15, 0.2) is 4.34 Å². The molecule has 0 spiro atoms. The van der Waals surface area contributed by atoms with Crippen molar-refractivity contribution < 1.29 is 0 Å². The van der Waals surface area contributed by atoms with E-state index in [4.69, 9.17) is 0 Å². The molecule has 0 saturated carbocycles. The van der Waals surface area contributed by atoms with Crippen LogP contribution in [0.4, 0.5) is 0 Å². The maximum Gasteiger partial charge on any atom is 0.166 e. The number of hydrogen-bond acceptors (Lipinski definition) is 4. The van der Waals surface area contributed by atoms with Crippen LogP contribution in [0.3, 0.4) is 0 Å². The highest BCUT2D eigenvalue weighted by Crippen LogP contribution is 2.32. The van der Waals surface area contributed by atoms with Gasteiger partial charge in [-0.25, -0.2) is 9.29 Å². The minimum absolute atomic E-state index is 1.13. The Hall–Kier alpha value is -0.580. The molecule has 78 valence electrons. The normalized spacial score (nSPS) is 17.6. The van der Waals surface area contributed by atoms with Crippen molar-refractivity contribution in [1.29, 1.82) is 0 Å². The van der Waals surface area contributed by atoms with Gasteiger partial charge in [0, 0.05) is 13.1 Å². The lowest BCUT2D eigenvalue weighted by Gasteiger charge is -2.09. The van der Waals surface area contributed by atoms with Crippen LogP contribution in [0.15, 0.2) is 28.6 Å². The van der Waals surface area contributed by atoms with Crippen molar-refractivity contribution >= 4 is 33.5 Å². The highest BCUT2D eigenvalue weighted by Gasteiger charge is 2.14. The lowest BCUT2D eigenvalue weighted by molar-refractivity contribution is 0.586. The molecule has 1 aromatic heterocycles. The molecule has 1 aromatic carbocycles. The van der Waals surface area contributed by atoms with Crippen molar-refractivity contribution in [1.82, 2.24) is 9.29 Å². The van der Waals surface area contributed by atoms with Gasteiger partial charge >= 0.3 is 0 Å². The van der Waals surface area contributed by atoms with Crippen molar-refractivity contribution in [2.45, 2.75) is 17.2 Å². The molecule has 3 rings (SSSR count). The lowest BCUT2D eigenvalue weighted by Crippen LogP contribution is -2.08. The second kappa shape index (κ2) is 4.12. The van der Waals surface area contributed by atoms with Gasteiger partial charge in [-0.05, 0) is 36.9 Å². The first-order valence-electron chi connectivity index (χ1n) is 5.20. The Labute approximate surface area is 97.4 Å². The fraction of sp³-hybridized carbons (Fsp3) is 0.364. The van der Waals surface area contributed by atoms with Crippen LogP contribution in [0, 0.1) is 0 Å². The van der Waals surface area contributed by atoms with E-state index in [2.05, 4.69) is 27.5 Å². The van der Waals surface area contributed by atoms with Gasteiger partial charge in [-0.2, -0.15) is 0 Å². The number of aromatic nitrogens is 1. The first kappa shape index (κ1) is 9.63. The second-order valence-electron chi connectivity index (χ2n) is 3.67. The summed E-state index contributed by atoms with van der Waals surface area (Å²) in [5, 5.41) is 0. The van der Waals surface area contributed by atoms with E-state index in [9.17, 15) is 0 Å². The number of hydrogen-bond donors (Lipinski definition) is 0. The number of benzene rings is 1. The van der Waals surface area contributed by atoms with E-state index in [0.29, 0.717) is 0 Å². The SMILES string of the molecule is c1ccc2sc(SN3CCCC3)nc2c1. The van der Waals surface area contributed by atoms with E-state index in [-0.39, 0.29) is 0 Å². The van der Waals surface area contributed by atoms with E-state index in [1.807, 2.05) is 18.0 Å². The van der Waals surface area contributed by atoms with Crippen LogP contribution in [0.25, 0.3) is 10.2 Å². The van der Waals surface area contributed by atoms with Gasteiger partial charge < -0.3 is 0 Å². The molecule has 1 aliphatic heterocycles. The van der Waals surface area contributed by atoms with E-state index in [1.165, 1.54) is 35.0 Å². The second-order valence-corrected chi connectivity index (χ2v) is 6.05. The molecule has 1 fully saturated rings. The molecule has 4 heteroatoms. The average Bonchev–Trinajstić information content (AvgIpc) is 2.86. The molecule has 0 N–H and O–H groups in total. The van der Waals surface area contributed by atoms with E-state index < -0.39 is 0 Å². The van der Waals surface area contributed by atoms with Crippen LogP contribution in [-0.4, -0.2) is 22.4 Å². The summed E-state index contributed by atoms with van der Waals surface area (Å²) in [6.45, 7) is 2.42. The molecule has 1 aliphatic rings. The summed E-state index contributed by atoms with van der Waals surface area (Å²) < 4.78 is 4.88. The fourth-order valence-electron chi connectivity index (χ4n) is 1.78. The van der Waals surface area contributed by atoms with Crippen molar-refractivity contribution in [3.63, 3.8) is 0 Å². The van der Waals surface area contributed by atoms with Gasteiger partial charge in [-0.1, -0.05) is 12.1 Å². The van der Waals surface area contributed by atoms with Crippen molar-refractivity contribution in [2.24, 2.45) is 0 Å². The minimum Gasteiger partial charge on any atom is -0.244 e. The van der Waals surface area contributed by atoms with Crippen LogP contribution in [0.5, 0.6) is 0 Å². The summed E-state index contributed by atoms with van der Waals surface area (Å²) in [4.78, 5) is 4.62. The fourth-order valence-corrected chi connectivity index (χ4v) is 4.01. The van der Waals surface area contributed by atoms with Gasteiger partial charge in [0.25, 0.3) is 0 Å². The zero-order valence-electron chi connectivity index (χ0n) is 8.35. The summed E-state index contributed by atoms with van der Waals surface area (Å²) in [6, 6.07) is 8.35. The van der Waals surface area contributed by atoms with Gasteiger partial charge in [0.2, 0.25) is 0 Å². The summed E-state index contributed by atoms with van der Waals surface area (Å²) in [7, 11) is 0. The molecule has 0 amide bonds. The van der Waals surface area contributed by atoms with Crippen molar-refractivity contribution in [3.8, 4) is 0 Å². The Morgan fingerprint density at radius 1 is 1.20 bits per heavy atom. The third-order valence-electron chi connectivity index (χ3n) is 2.55. The topological polar surface area (TPSA) is 16.1 Å². The molecular weight excluding hydrogens is 224 g/mol. The van der Waals surface area contributed by atoms with Gasteiger partial charge in [-0.3, -0.25) is 0 Å². The molecule has 2 heterocycles. The highest BCUT2D eigenvalue weighted by atomic mass is 32.2. The number of rotatable bonds is 2. The van der Waals surface area contributed by atoms with Gasteiger partial charge in [-0.15, -0.1) is 11.3 Å². The van der Waals surface area contributed by atoms with Crippen LogP contribution in [0.2, 0.25) is 0 Å². The van der Waals surface area contributed by atoms with Crippen molar-refractivity contribution in [2.75, 3.05) is 13.1 Å². The Morgan fingerprint density at radius 2 is 2.00 bits per heavy atom. The lowest BCUT2D eigenvalue weighted by atomic mass is 10.3. The largest absolute Gasteiger partial charge is 0.244 e. The predicted molar refractivity (Wildman–Crippen MR) is 66.3 cm³/mol. The number of para-hydroxylation sites is 1. The first-order chi connectivity index (χ1) is 7.42. The molecule has 0 atom stereocenters. The first-order valence-corrected chi connectivity index (χ1v) is 6.79. The maximum absolute atomic E-state index is 4.62. The van der Waals surface area contributed by atoms with E-state index >= 15 is 0 Å². The van der Waals surface area contributed by atoms with Crippen LogP contribution in [-0.2, 0) is 0 Å². The Kier molecular flexibility index (Phi) is 2.64. The molecule has 2 nitrogen and oxygen atoms in total. The van der Waals surface area contributed by atoms with Gasteiger partial charge in [0.05, 0.1) is 10.2 Å². The summed E-state index contributed by atoms with van der Waals surface area (Å²) in [6.07, 6.45) is 2.66. The third-order valence-corrected chi connectivity index (χ3v) is 4.72.